The van der Waals surface area contributed by atoms with Gasteiger partial charge in [0.1, 0.15) is 29.2 Å². The van der Waals surface area contributed by atoms with E-state index in [4.69, 9.17) is 4.74 Å². The molecule has 10 nitrogen and oxygen atoms in total. The number of piperidine rings is 1. The molecule has 1 amide bonds. The molecule has 1 saturated heterocycles. The van der Waals surface area contributed by atoms with Crippen molar-refractivity contribution < 1.29 is 23.1 Å². The van der Waals surface area contributed by atoms with Crippen LogP contribution < -0.4 is 0 Å². The van der Waals surface area contributed by atoms with Gasteiger partial charge in [0.25, 0.3) is 0 Å². The zero-order valence-electron chi connectivity index (χ0n) is 20.4. The highest BCUT2D eigenvalue weighted by atomic mass is 32.2. The Balaban J connectivity index is 1.59. The molecule has 0 radical (unpaired) electrons. The lowest BCUT2D eigenvalue weighted by Crippen LogP contribution is -2.42. The van der Waals surface area contributed by atoms with Crippen LogP contribution in [0, 0.1) is 0 Å². The first-order chi connectivity index (χ1) is 17.1. The predicted octanol–water partition coefficient (Wildman–Crippen LogP) is 3.81. The van der Waals surface area contributed by atoms with Crippen molar-refractivity contribution in [3.63, 3.8) is 0 Å². The van der Waals surface area contributed by atoms with Gasteiger partial charge in [-0.15, -0.1) is 0 Å². The van der Waals surface area contributed by atoms with Crippen molar-refractivity contribution in [3.8, 4) is 0 Å². The molecular formula is C25H29N5O5S. The maximum absolute atomic E-state index is 13.6. The minimum absolute atomic E-state index is 0.0939. The smallest absolute Gasteiger partial charge is 0.410 e. The number of amides is 1. The van der Waals surface area contributed by atoms with Crippen LogP contribution >= 0.6 is 0 Å². The van der Waals surface area contributed by atoms with Crippen LogP contribution in [0.1, 0.15) is 45.5 Å². The molecule has 0 atom stereocenters. The fourth-order valence-corrected chi connectivity index (χ4v) is 6.07. The Bertz CT molecular complexity index is 1530. The molecule has 1 fully saturated rings. The van der Waals surface area contributed by atoms with Crippen LogP contribution in [0.25, 0.3) is 22.1 Å². The van der Waals surface area contributed by atoms with Gasteiger partial charge in [-0.05, 0) is 51.8 Å². The third-order valence-electron chi connectivity index (χ3n) is 6.31. The van der Waals surface area contributed by atoms with Crippen molar-refractivity contribution in [2.75, 3.05) is 13.1 Å². The number of nitrogens with zero attached hydrogens (tertiary/aromatic N) is 4. The number of fused-ring (bicyclic) bond motifs is 3. The topological polar surface area (TPSA) is 130 Å². The van der Waals surface area contributed by atoms with Gasteiger partial charge in [0, 0.05) is 30.7 Å². The molecule has 1 aliphatic rings. The van der Waals surface area contributed by atoms with Crippen LogP contribution in [0.5, 0.6) is 0 Å². The van der Waals surface area contributed by atoms with Crippen LogP contribution in [-0.2, 0) is 21.2 Å². The van der Waals surface area contributed by atoms with Crippen molar-refractivity contribution in [2.45, 2.75) is 61.8 Å². The molecule has 0 aliphatic carbocycles. The third-order valence-corrected chi connectivity index (χ3v) is 8.00. The number of pyridine rings is 1. The summed E-state index contributed by atoms with van der Waals surface area (Å²) in [4.78, 5) is 26.4. The molecule has 0 bridgehead atoms. The van der Waals surface area contributed by atoms with E-state index < -0.39 is 15.4 Å². The summed E-state index contributed by atoms with van der Waals surface area (Å²) in [6.07, 6.45) is 2.56. The number of benzene rings is 1. The number of aromatic amines is 1. The molecule has 4 heterocycles. The molecular weight excluding hydrogens is 482 g/mol. The first-order valence-corrected chi connectivity index (χ1v) is 13.4. The number of aromatic nitrogens is 4. The Morgan fingerprint density at radius 1 is 1.14 bits per heavy atom. The molecule has 2 N–H and O–H groups in total. The van der Waals surface area contributed by atoms with E-state index in [-0.39, 0.29) is 34.2 Å². The van der Waals surface area contributed by atoms with Crippen molar-refractivity contribution in [3.05, 3.63) is 48.4 Å². The van der Waals surface area contributed by atoms with Gasteiger partial charge in [-0.2, -0.15) is 0 Å². The van der Waals surface area contributed by atoms with E-state index >= 15 is 0 Å². The van der Waals surface area contributed by atoms with Crippen LogP contribution in [-0.4, -0.2) is 62.7 Å². The van der Waals surface area contributed by atoms with Crippen molar-refractivity contribution in [2.24, 2.45) is 0 Å². The van der Waals surface area contributed by atoms with E-state index in [9.17, 15) is 18.3 Å². The minimum Gasteiger partial charge on any atom is -0.444 e. The largest absolute Gasteiger partial charge is 0.444 e. The molecule has 0 saturated carbocycles. The monoisotopic (exact) mass is 511 g/mol. The number of rotatable bonds is 4. The Hall–Kier alpha value is -3.44. The number of imidazole rings is 1. The molecule has 36 heavy (non-hydrogen) atoms. The second kappa shape index (κ2) is 8.90. The number of carbonyl (C=O) groups is 1. The lowest BCUT2D eigenvalue weighted by Gasteiger charge is -2.34. The highest BCUT2D eigenvalue weighted by Crippen LogP contribution is 2.36. The molecule has 3 aromatic heterocycles. The molecule has 0 unspecified atom stereocenters. The fourth-order valence-electron chi connectivity index (χ4n) is 4.72. The molecule has 1 aromatic carbocycles. The van der Waals surface area contributed by atoms with Crippen molar-refractivity contribution >= 4 is 38.0 Å². The standard InChI is InChI=1S/C25H29N5O5S/c1-25(2,3)35-24(32)29-13-10-16(11-14-29)30-19(15-31)27-20-21(30)18-9-12-26-22(18)28-23(20)36(33,34)17-7-5-4-6-8-17/h4-9,12,16,31H,10-11,13-15H2,1-3H3,(H,26,28). The van der Waals surface area contributed by atoms with E-state index in [0.717, 1.165) is 5.39 Å². The van der Waals surface area contributed by atoms with Crippen LogP contribution in [0.2, 0.25) is 0 Å². The summed E-state index contributed by atoms with van der Waals surface area (Å²) in [5.41, 5.74) is 0.681. The Morgan fingerprint density at radius 2 is 1.83 bits per heavy atom. The summed E-state index contributed by atoms with van der Waals surface area (Å²) in [7, 11) is -3.97. The molecule has 0 spiro atoms. The summed E-state index contributed by atoms with van der Waals surface area (Å²) in [5, 5.41) is 10.8. The number of nitrogens with one attached hydrogen (secondary N) is 1. The number of ether oxygens (including phenoxy) is 1. The first kappa shape index (κ1) is 24.3. The van der Waals surface area contributed by atoms with Crippen molar-refractivity contribution in [1.82, 2.24) is 24.4 Å². The number of aliphatic hydroxyl groups excluding tert-OH is 1. The van der Waals surface area contributed by atoms with E-state index in [0.29, 0.717) is 42.9 Å². The highest BCUT2D eigenvalue weighted by molar-refractivity contribution is 7.91. The quantitative estimate of drug-likeness (QED) is 0.426. The summed E-state index contributed by atoms with van der Waals surface area (Å²) in [6.45, 7) is 6.08. The SMILES string of the molecule is CC(C)(C)OC(=O)N1CCC(n2c(CO)nc3c(S(=O)(=O)c4ccccc4)nc4[nH]ccc4c32)CC1. The van der Waals surface area contributed by atoms with E-state index in [1.807, 2.05) is 31.4 Å². The van der Waals surface area contributed by atoms with E-state index in [1.165, 1.54) is 12.1 Å². The average molecular weight is 512 g/mol. The number of sulfone groups is 1. The summed E-state index contributed by atoms with van der Waals surface area (Å²) in [5.74, 6) is 0.362. The van der Waals surface area contributed by atoms with Gasteiger partial charge in [-0.1, -0.05) is 18.2 Å². The van der Waals surface area contributed by atoms with Gasteiger partial charge in [0.05, 0.1) is 10.4 Å². The van der Waals surface area contributed by atoms with Gasteiger partial charge in [0.15, 0.2) is 5.03 Å². The summed E-state index contributed by atoms with van der Waals surface area (Å²) < 4.78 is 34.6. The zero-order valence-corrected chi connectivity index (χ0v) is 21.2. The molecule has 190 valence electrons. The maximum atomic E-state index is 13.6. The minimum atomic E-state index is -3.97. The highest BCUT2D eigenvalue weighted by Gasteiger charge is 2.33. The first-order valence-electron chi connectivity index (χ1n) is 11.9. The van der Waals surface area contributed by atoms with E-state index in [2.05, 4.69) is 15.0 Å². The Labute approximate surface area is 208 Å². The molecule has 11 heteroatoms. The van der Waals surface area contributed by atoms with Crippen LogP contribution in [0.3, 0.4) is 0 Å². The number of carbonyl (C=O) groups excluding carboxylic acids is 1. The lowest BCUT2D eigenvalue weighted by molar-refractivity contribution is 0.0188. The molecule has 4 aromatic rings. The second-order valence-corrected chi connectivity index (χ2v) is 11.8. The molecule has 1 aliphatic heterocycles. The van der Waals surface area contributed by atoms with Gasteiger partial charge >= 0.3 is 6.09 Å². The van der Waals surface area contributed by atoms with Crippen molar-refractivity contribution in [1.29, 1.82) is 0 Å². The van der Waals surface area contributed by atoms with E-state index in [1.54, 1.807) is 29.3 Å². The van der Waals surface area contributed by atoms with Crippen LogP contribution in [0.15, 0.2) is 52.5 Å². The third kappa shape index (κ3) is 4.22. The zero-order chi connectivity index (χ0) is 25.7. The number of likely N-dealkylation sites (tertiary alicyclic amines) is 1. The lowest BCUT2D eigenvalue weighted by atomic mass is 10.0. The fraction of sp³-hybridized carbons (Fsp3) is 0.400. The second-order valence-electron chi connectivity index (χ2n) is 9.93. The Morgan fingerprint density at radius 3 is 2.47 bits per heavy atom. The normalized spacial score (nSPS) is 15.6. The van der Waals surface area contributed by atoms with Gasteiger partial charge in [0.2, 0.25) is 9.84 Å². The molecule has 5 rings (SSSR count). The number of hydrogen-bond acceptors (Lipinski definition) is 7. The number of hydrogen-bond donors (Lipinski definition) is 2. The summed E-state index contributed by atoms with van der Waals surface area (Å²) in [6, 6.07) is 9.86. The van der Waals surface area contributed by atoms with Gasteiger partial charge in [-0.25, -0.2) is 23.2 Å². The number of aliphatic hydroxyl groups is 1. The average Bonchev–Trinajstić information content (AvgIpc) is 3.47. The van der Waals surface area contributed by atoms with Gasteiger partial charge in [-0.3, -0.25) is 0 Å². The predicted molar refractivity (Wildman–Crippen MR) is 133 cm³/mol. The van der Waals surface area contributed by atoms with Crippen LogP contribution in [0.4, 0.5) is 4.79 Å². The summed E-state index contributed by atoms with van der Waals surface area (Å²) >= 11 is 0. The van der Waals surface area contributed by atoms with Gasteiger partial charge < -0.3 is 24.3 Å². The maximum Gasteiger partial charge on any atom is 0.410 e. The Kier molecular flexibility index (Phi) is 6.00. The number of H-pyrrole nitrogens is 1.